The normalized spacial score (nSPS) is 11.6. The minimum absolute atomic E-state index is 0.0675. The van der Waals surface area contributed by atoms with Gasteiger partial charge >= 0.3 is 5.56 Å². The van der Waals surface area contributed by atoms with Crippen LogP contribution in [0.15, 0.2) is 162 Å². The van der Waals surface area contributed by atoms with E-state index in [0.717, 1.165) is 48.3 Å². The maximum absolute atomic E-state index is 13.9. The molecular weight excluding hydrogens is 601 g/mol. The highest BCUT2D eigenvalue weighted by molar-refractivity contribution is 7.25. The topological polar surface area (TPSA) is 60.8 Å². The number of hydrogen-bond donors (Lipinski definition) is 0. The van der Waals surface area contributed by atoms with Gasteiger partial charge in [0.05, 0.1) is 16.6 Å². The molecule has 0 spiro atoms. The van der Waals surface area contributed by atoms with Gasteiger partial charge in [-0.1, -0.05) is 60.7 Å². The van der Waals surface area contributed by atoms with Crippen molar-refractivity contribution < 1.29 is 4.57 Å². The van der Waals surface area contributed by atoms with Gasteiger partial charge in [0, 0.05) is 25.7 Å². The maximum atomic E-state index is 13.9. The van der Waals surface area contributed by atoms with Crippen molar-refractivity contribution in [1.29, 1.82) is 0 Å². The molecule has 0 N–H and O–H groups in total. The van der Waals surface area contributed by atoms with Crippen LogP contribution in [0, 0.1) is 0 Å². The molecule has 0 aliphatic rings. The van der Waals surface area contributed by atoms with Gasteiger partial charge < -0.3 is 0 Å². The summed E-state index contributed by atoms with van der Waals surface area (Å²) in [5.41, 5.74) is 4.67. The van der Waals surface area contributed by atoms with Crippen LogP contribution in [-0.4, -0.2) is 14.1 Å². The number of aromatic nitrogens is 4. The van der Waals surface area contributed by atoms with Gasteiger partial charge in [0.15, 0.2) is 0 Å². The maximum Gasteiger partial charge on any atom is 0.350 e. The van der Waals surface area contributed by atoms with Gasteiger partial charge in [-0.05, 0) is 84.9 Å². The molecule has 6 nitrogen and oxygen atoms in total. The summed E-state index contributed by atoms with van der Waals surface area (Å²) < 4.78 is 7.77. The van der Waals surface area contributed by atoms with Crippen molar-refractivity contribution in [3.63, 3.8) is 0 Å². The smallest absolute Gasteiger partial charge is 0.268 e. The van der Waals surface area contributed by atoms with E-state index in [1.54, 1.807) is 20.5 Å². The minimum Gasteiger partial charge on any atom is -0.268 e. The second-order valence-corrected chi connectivity index (χ2v) is 12.5. The summed E-state index contributed by atoms with van der Waals surface area (Å²) in [6.07, 6.45) is 1.87. The number of rotatable bonds is 4. The standard InChI is InChI=1S/C40H25N4O2S/c45-39-31-16-8-10-18-35(31)42(25-43(39)27-11-3-1-4-12-27)29-20-22-37-33(24-29)32-23-26(19-21-36(32)47-37)38-41-34-17-9-7-15-30(34)40(46)44(38)28-13-5-2-6-14-28/h1-25H/q+1. The second kappa shape index (κ2) is 10.7. The minimum atomic E-state index is -0.105. The molecule has 0 fully saturated rings. The van der Waals surface area contributed by atoms with E-state index < -0.39 is 0 Å². The predicted octanol–water partition coefficient (Wildman–Crippen LogP) is 8.00. The fraction of sp³-hybridized carbons (Fsp3) is 0. The predicted molar refractivity (Wildman–Crippen MR) is 190 cm³/mol. The number of fused-ring (bicyclic) bond motifs is 5. The lowest BCUT2D eigenvalue weighted by Gasteiger charge is -2.14. The van der Waals surface area contributed by atoms with Crippen LogP contribution in [0.25, 0.3) is 70.4 Å². The third-order valence-corrected chi connectivity index (χ3v) is 9.81. The van der Waals surface area contributed by atoms with Crippen molar-refractivity contribution >= 4 is 53.3 Å². The molecule has 0 amide bonds. The molecule has 47 heavy (non-hydrogen) atoms. The van der Waals surface area contributed by atoms with Crippen molar-refractivity contribution in [3.05, 3.63) is 173 Å². The first-order valence-corrected chi connectivity index (χ1v) is 16.1. The molecule has 0 aliphatic carbocycles. The molecule has 0 saturated carbocycles. The number of para-hydroxylation sites is 4. The summed E-state index contributed by atoms with van der Waals surface area (Å²) in [6, 6.07) is 47.3. The molecule has 0 bridgehead atoms. The van der Waals surface area contributed by atoms with E-state index in [0.29, 0.717) is 22.1 Å². The van der Waals surface area contributed by atoms with E-state index in [4.69, 9.17) is 4.98 Å². The lowest BCUT2D eigenvalue weighted by Crippen LogP contribution is -2.38. The highest BCUT2D eigenvalue weighted by Gasteiger charge is 2.20. The highest BCUT2D eigenvalue weighted by Crippen LogP contribution is 2.37. The first kappa shape index (κ1) is 27.2. The molecule has 0 aliphatic heterocycles. The molecule has 7 heteroatoms. The Hall–Kier alpha value is -6.18. The Bertz CT molecular complexity index is 2780. The number of hydrogen-bond acceptors (Lipinski definition) is 4. The van der Waals surface area contributed by atoms with Crippen LogP contribution in [0.5, 0.6) is 0 Å². The van der Waals surface area contributed by atoms with Gasteiger partial charge in [0.2, 0.25) is 0 Å². The zero-order chi connectivity index (χ0) is 31.5. The van der Waals surface area contributed by atoms with Crippen LogP contribution in [0.1, 0.15) is 0 Å². The third-order valence-electron chi connectivity index (χ3n) is 8.66. The molecule has 0 radical (unpaired) electrons. The zero-order valence-electron chi connectivity index (χ0n) is 24.9. The Morgan fingerprint density at radius 2 is 1.19 bits per heavy atom. The molecule has 3 aromatic heterocycles. The van der Waals surface area contributed by atoms with E-state index in [1.165, 1.54) is 0 Å². The summed E-state index contributed by atoms with van der Waals surface area (Å²) in [5, 5.41) is 3.38. The number of thiophene rings is 1. The number of benzene rings is 6. The second-order valence-electron chi connectivity index (χ2n) is 11.4. The molecule has 3 heterocycles. The Kier molecular flexibility index (Phi) is 6.19. The highest BCUT2D eigenvalue weighted by atomic mass is 32.1. The fourth-order valence-corrected chi connectivity index (χ4v) is 7.47. The summed E-state index contributed by atoms with van der Waals surface area (Å²) in [5.74, 6) is 0.590. The average molecular weight is 626 g/mol. The Labute approximate surface area is 272 Å². The monoisotopic (exact) mass is 625 g/mol. The van der Waals surface area contributed by atoms with Crippen LogP contribution in [0.2, 0.25) is 0 Å². The Morgan fingerprint density at radius 3 is 1.98 bits per heavy atom. The third kappa shape index (κ3) is 4.40. The Balaban J connectivity index is 1.28. The van der Waals surface area contributed by atoms with Crippen molar-refractivity contribution in [1.82, 2.24) is 14.1 Å². The number of nitrogens with zero attached hydrogens (tertiary/aromatic N) is 4. The van der Waals surface area contributed by atoms with Gasteiger partial charge in [-0.25, -0.2) is 9.78 Å². The summed E-state index contributed by atoms with van der Waals surface area (Å²) in [7, 11) is 0. The molecule has 0 atom stereocenters. The molecule has 222 valence electrons. The van der Waals surface area contributed by atoms with E-state index in [-0.39, 0.29) is 11.1 Å². The molecule has 9 aromatic rings. The molecule has 9 rings (SSSR count). The van der Waals surface area contributed by atoms with Crippen molar-refractivity contribution in [3.8, 4) is 28.5 Å². The fourth-order valence-electron chi connectivity index (χ4n) is 6.40. The van der Waals surface area contributed by atoms with Crippen LogP contribution >= 0.6 is 11.3 Å². The van der Waals surface area contributed by atoms with E-state index in [1.807, 2.05) is 122 Å². The van der Waals surface area contributed by atoms with E-state index in [9.17, 15) is 9.59 Å². The van der Waals surface area contributed by atoms with E-state index in [2.05, 4.69) is 34.9 Å². The lowest BCUT2D eigenvalue weighted by molar-refractivity contribution is -0.572. The zero-order valence-corrected chi connectivity index (χ0v) is 25.8. The van der Waals surface area contributed by atoms with Crippen LogP contribution in [-0.2, 0) is 0 Å². The molecule has 0 unspecified atom stereocenters. The van der Waals surface area contributed by atoms with Gasteiger partial charge in [0.25, 0.3) is 11.9 Å². The van der Waals surface area contributed by atoms with Gasteiger partial charge in [0.1, 0.15) is 28.1 Å². The van der Waals surface area contributed by atoms with Gasteiger partial charge in [-0.3, -0.25) is 9.36 Å². The largest absolute Gasteiger partial charge is 0.350 e. The quantitative estimate of drug-likeness (QED) is 0.186. The summed E-state index contributed by atoms with van der Waals surface area (Å²) in [4.78, 5) is 32.5. The lowest BCUT2D eigenvalue weighted by atomic mass is 10.1. The first-order valence-electron chi connectivity index (χ1n) is 15.3. The SMILES string of the molecule is O=c1c2ccccc2[n+](-c2ccc3sc4ccc(-c5nc6ccccc6c(=O)n5-c5ccccc5)cc4c3c2)cn1-c1ccccc1. The average Bonchev–Trinajstić information content (AvgIpc) is 3.50. The van der Waals surface area contributed by atoms with Crippen LogP contribution < -0.4 is 15.7 Å². The van der Waals surface area contributed by atoms with Crippen LogP contribution in [0.3, 0.4) is 0 Å². The van der Waals surface area contributed by atoms with Crippen molar-refractivity contribution in [2.24, 2.45) is 0 Å². The van der Waals surface area contributed by atoms with E-state index >= 15 is 0 Å². The van der Waals surface area contributed by atoms with Gasteiger partial charge in [-0.2, -0.15) is 9.13 Å². The van der Waals surface area contributed by atoms with Crippen molar-refractivity contribution in [2.75, 3.05) is 0 Å². The first-order chi connectivity index (χ1) is 23.1. The van der Waals surface area contributed by atoms with Crippen molar-refractivity contribution in [2.45, 2.75) is 0 Å². The summed E-state index contributed by atoms with van der Waals surface area (Å²) >= 11 is 1.73. The molecule has 0 saturated heterocycles. The Morgan fingerprint density at radius 1 is 0.553 bits per heavy atom. The molecule has 6 aromatic carbocycles. The van der Waals surface area contributed by atoms with Crippen LogP contribution in [0.4, 0.5) is 0 Å². The van der Waals surface area contributed by atoms with Gasteiger partial charge in [-0.15, -0.1) is 11.3 Å². The summed E-state index contributed by atoms with van der Waals surface area (Å²) in [6.45, 7) is 0. The molecular formula is C40H25N4O2S+.